The Morgan fingerprint density at radius 2 is 1.72 bits per heavy atom. The van der Waals surface area contributed by atoms with Crippen LogP contribution >= 0.6 is 0 Å². The maximum Gasteiger partial charge on any atom is 0.272 e. The highest BCUT2D eigenvalue weighted by Crippen LogP contribution is 2.54. The van der Waals surface area contributed by atoms with Gasteiger partial charge in [-0.2, -0.15) is 0 Å². The predicted octanol–water partition coefficient (Wildman–Crippen LogP) is 8.20. The lowest BCUT2D eigenvalue weighted by Crippen LogP contribution is -2.45. The van der Waals surface area contributed by atoms with Gasteiger partial charge in [0.25, 0.3) is 11.8 Å². The first kappa shape index (κ1) is 32.1. The minimum Gasteiger partial charge on any atom is -0.338 e. The number of hydrogen-bond donors (Lipinski definition) is 1. The van der Waals surface area contributed by atoms with Crippen molar-refractivity contribution in [2.75, 3.05) is 23.3 Å². The molecule has 1 spiro atoms. The molecule has 7 nitrogen and oxygen atoms in total. The highest BCUT2D eigenvalue weighted by atomic mass is 16.2. The summed E-state index contributed by atoms with van der Waals surface area (Å²) >= 11 is 0. The van der Waals surface area contributed by atoms with Crippen molar-refractivity contribution in [2.24, 2.45) is 17.3 Å². The number of rotatable bonds is 6. The lowest BCUT2D eigenvalue weighted by Gasteiger charge is -2.41. The molecule has 7 rings (SSSR count). The van der Waals surface area contributed by atoms with Crippen LogP contribution in [0.2, 0.25) is 0 Å². The van der Waals surface area contributed by atoms with Crippen LogP contribution in [-0.2, 0) is 16.1 Å². The summed E-state index contributed by atoms with van der Waals surface area (Å²) in [7, 11) is 0. The van der Waals surface area contributed by atoms with Crippen molar-refractivity contribution in [3.63, 3.8) is 0 Å². The quantitative estimate of drug-likeness (QED) is 0.330. The van der Waals surface area contributed by atoms with Gasteiger partial charge < -0.3 is 20.0 Å². The zero-order chi connectivity index (χ0) is 32.6. The van der Waals surface area contributed by atoms with Crippen LogP contribution in [-0.4, -0.2) is 40.6 Å². The van der Waals surface area contributed by atoms with Gasteiger partial charge in [0, 0.05) is 30.9 Å². The number of fused-ring (bicyclic) bond motifs is 4. The fourth-order valence-corrected chi connectivity index (χ4v) is 8.56. The van der Waals surface area contributed by atoms with Gasteiger partial charge in [-0.05, 0) is 86.5 Å². The number of carbonyl (C=O) groups excluding carboxylic acids is 3. The van der Waals surface area contributed by atoms with E-state index in [0.717, 1.165) is 60.7 Å². The summed E-state index contributed by atoms with van der Waals surface area (Å²) in [4.78, 5) is 47.2. The second kappa shape index (κ2) is 13.1. The summed E-state index contributed by atoms with van der Waals surface area (Å²) in [5.41, 5.74) is 5.46. The number of nitrogens with zero attached hydrogens (tertiary/aromatic N) is 3. The summed E-state index contributed by atoms with van der Waals surface area (Å²) in [6, 6.07) is 14.0. The summed E-state index contributed by atoms with van der Waals surface area (Å²) in [5, 5.41) is 3.09. The molecule has 2 aromatic rings. The molecule has 1 saturated carbocycles. The Bertz CT molecular complexity index is 1540. The minimum atomic E-state index is -0.448. The lowest BCUT2D eigenvalue weighted by atomic mass is 9.73. The van der Waals surface area contributed by atoms with Gasteiger partial charge in [0.05, 0.1) is 22.8 Å². The van der Waals surface area contributed by atoms with Gasteiger partial charge >= 0.3 is 0 Å². The average molecular weight is 623 g/mol. The normalized spacial score (nSPS) is 27.7. The summed E-state index contributed by atoms with van der Waals surface area (Å²) in [6.07, 6.45) is 10.6. The van der Waals surface area contributed by atoms with Crippen LogP contribution in [0.1, 0.15) is 113 Å². The summed E-state index contributed by atoms with van der Waals surface area (Å²) in [6.45, 7) is 14.9. The molecular weight excluding hydrogens is 572 g/mol. The first-order valence-corrected chi connectivity index (χ1v) is 17.7. The number of benzene rings is 2. The van der Waals surface area contributed by atoms with E-state index in [1.807, 2.05) is 60.9 Å². The second-order valence-corrected chi connectivity index (χ2v) is 13.6. The van der Waals surface area contributed by atoms with E-state index in [-0.39, 0.29) is 23.8 Å². The SMILES string of the molecule is C=C(C1CCC(CC)CC1)N1/C(=C\CC)C(=O)Nc2cc3c(cc21)C1CC2(CCN(Cc4ccccc4)C2=O)CCN1C3=O.CC. The Morgan fingerprint density at radius 3 is 2.41 bits per heavy atom. The maximum absolute atomic E-state index is 14.0. The van der Waals surface area contributed by atoms with E-state index in [1.165, 1.54) is 19.3 Å². The Balaban J connectivity index is 0.00000182. The zero-order valence-corrected chi connectivity index (χ0v) is 28.1. The number of hydrogen-bond acceptors (Lipinski definition) is 4. The standard InChI is InChI=1S/C37H44N4O3.C2H6/c1-4-9-31-34(42)38-30-20-29-28(21-32(30)41(31)24(3)27-14-12-25(5-2)13-15-27)33-22-37(17-19-40(33)35(29)43)16-18-39(36(37)44)23-26-10-7-6-8-11-26;1-2/h6-11,20-21,25,27,33H,3-5,12-19,22-23H2,1-2H3,(H,38,42);1-2H3/b31-9-;. The highest BCUT2D eigenvalue weighted by Gasteiger charge is 2.54. The average Bonchev–Trinajstić information content (AvgIpc) is 3.53. The smallest absolute Gasteiger partial charge is 0.272 e. The minimum absolute atomic E-state index is 0.00153. The van der Waals surface area contributed by atoms with Crippen LogP contribution in [0.5, 0.6) is 0 Å². The first-order valence-electron chi connectivity index (χ1n) is 17.7. The highest BCUT2D eigenvalue weighted by molar-refractivity contribution is 6.14. The molecule has 0 aromatic heterocycles. The van der Waals surface area contributed by atoms with Crippen LogP contribution in [0.3, 0.4) is 0 Å². The van der Waals surface area contributed by atoms with Crippen LogP contribution in [0.25, 0.3) is 0 Å². The molecule has 2 aromatic carbocycles. The van der Waals surface area contributed by atoms with Gasteiger partial charge in [-0.3, -0.25) is 14.4 Å². The molecular formula is C39H50N4O3. The molecule has 4 heterocycles. The lowest BCUT2D eigenvalue weighted by molar-refractivity contribution is -0.139. The molecule has 2 saturated heterocycles. The second-order valence-electron chi connectivity index (χ2n) is 13.6. The predicted molar refractivity (Wildman–Crippen MR) is 184 cm³/mol. The van der Waals surface area contributed by atoms with Crippen molar-refractivity contribution in [1.29, 1.82) is 0 Å². The molecule has 1 aliphatic carbocycles. The van der Waals surface area contributed by atoms with Crippen LogP contribution in [0, 0.1) is 17.3 Å². The molecule has 0 bridgehead atoms. The number of amides is 3. The van der Waals surface area contributed by atoms with Crippen molar-refractivity contribution in [1.82, 2.24) is 9.80 Å². The molecule has 2 unspecified atom stereocenters. The van der Waals surface area contributed by atoms with Crippen molar-refractivity contribution in [3.8, 4) is 0 Å². The largest absolute Gasteiger partial charge is 0.338 e. The molecule has 3 amide bonds. The molecule has 1 N–H and O–H groups in total. The molecule has 5 aliphatic rings. The molecule has 4 aliphatic heterocycles. The fourth-order valence-electron chi connectivity index (χ4n) is 8.56. The van der Waals surface area contributed by atoms with Crippen molar-refractivity contribution in [2.45, 2.75) is 98.1 Å². The number of allylic oxidation sites excluding steroid dienone is 2. The molecule has 2 atom stereocenters. The first-order chi connectivity index (χ1) is 22.3. The van der Waals surface area contributed by atoms with Crippen LogP contribution in [0.4, 0.5) is 11.4 Å². The number of piperidine rings is 1. The number of anilines is 2. The van der Waals surface area contributed by atoms with Crippen molar-refractivity contribution >= 4 is 29.1 Å². The van der Waals surface area contributed by atoms with E-state index in [9.17, 15) is 14.4 Å². The molecule has 244 valence electrons. The van der Waals surface area contributed by atoms with E-state index >= 15 is 0 Å². The number of likely N-dealkylation sites (tertiary alicyclic amines) is 1. The molecule has 3 fully saturated rings. The Morgan fingerprint density at radius 1 is 1.00 bits per heavy atom. The van der Waals surface area contributed by atoms with E-state index in [4.69, 9.17) is 0 Å². The number of carbonyl (C=O) groups is 3. The number of nitrogens with one attached hydrogen (secondary N) is 1. The third-order valence-electron chi connectivity index (χ3n) is 11.2. The van der Waals surface area contributed by atoms with Crippen molar-refractivity contribution < 1.29 is 14.4 Å². The van der Waals surface area contributed by atoms with Crippen LogP contribution < -0.4 is 10.2 Å². The monoisotopic (exact) mass is 622 g/mol. The van der Waals surface area contributed by atoms with Gasteiger partial charge in [-0.25, -0.2) is 0 Å². The van der Waals surface area contributed by atoms with Crippen LogP contribution in [0.15, 0.2) is 66.5 Å². The third kappa shape index (κ3) is 5.46. The van der Waals surface area contributed by atoms with E-state index < -0.39 is 5.41 Å². The molecule has 0 radical (unpaired) electrons. The van der Waals surface area contributed by atoms with Crippen molar-refractivity contribution in [3.05, 3.63) is 83.2 Å². The van der Waals surface area contributed by atoms with Gasteiger partial charge in [0.15, 0.2) is 0 Å². The van der Waals surface area contributed by atoms with E-state index in [1.54, 1.807) is 0 Å². The molecule has 46 heavy (non-hydrogen) atoms. The fraction of sp³-hybridized carbons (Fsp3) is 0.513. The molecule has 7 heteroatoms. The van der Waals surface area contributed by atoms with Gasteiger partial charge in [0.2, 0.25) is 5.91 Å². The topological polar surface area (TPSA) is 73.0 Å². The zero-order valence-electron chi connectivity index (χ0n) is 28.1. The summed E-state index contributed by atoms with van der Waals surface area (Å²) < 4.78 is 0. The third-order valence-corrected chi connectivity index (χ3v) is 11.2. The van der Waals surface area contributed by atoms with Gasteiger partial charge in [-0.15, -0.1) is 0 Å². The Kier molecular flexibility index (Phi) is 9.13. The van der Waals surface area contributed by atoms with E-state index in [2.05, 4.69) is 41.9 Å². The Hall–Kier alpha value is -3.87. The van der Waals surface area contributed by atoms with Gasteiger partial charge in [-0.1, -0.05) is 77.1 Å². The van der Waals surface area contributed by atoms with Gasteiger partial charge in [0.1, 0.15) is 5.70 Å². The maximum atomic E-state index is 14.0. The summed E-state index contributed by atoms with van der Waals surface area (Å²) in [5.74, 6) is 1.15. The van der Waals surface area contributed by atoms with E-state index in [0.29, 0.717) is 48.8 Å². The Labute approximate surface area is 274 Å².